The number of nitrogens with zero attached hydrogens (tertiary/aromatic N) is 1. The zero-order chi connectivity index (χ0) is 11.6. The van der Waals surface area contributed by atoms with Crippen LogP contribution in [0.25, 0.3) is 0 Å². The van der Waals surface area contributed by atoms with Crippen molar-refractivity contribution in [2.75, 3.05) is 0 Å². The molecule has 0 amide bonds. The van der Waals surface area contributed by atoms with Crippen molar-refractivity contribution >= 4 is 0 Å². The van der Waals surface area contributed by atoms with Gasteiger partial charge in [0.1, 0.15) is 5.82 Å². The lowest BCUT2D eigenvalue weighted by Gasteiger charge is -2.14. The van der Waals surface area contributed by atoms with Gasteiger partial charge in [0.2, 0.25) is 0 Å². The van der Waals surface area contributed by atoms with Gasteiger partial charge in [-0.25, -0.2) is 4.39 Å². The summed E-state index contributed by atoms with van der Waals surface area (Å²) >= 11 is 0. The highest BCUT2D eigenvalue weighted by molar-refractivity contribution is 5.39. The summed E-state index contributed by atoms with van der Waals surface area (Å²) in [4.78, 5) is 0. The van der Waals surface area contributed by atoms with Crippen LogP contribution in [0.15, 0.2) is 12.1 Å². The molecule has 0 saturated carbocycles. The minimum absolute atomic E-state index is 0.191. The molecule has 0 aliphatic rings. The van der Waals surface area contributed by atoms with Gasteiger partial charge in [0.25, 0.3) is 0 Å². The van der Waals surface area contributed by atoms with Gasteiger partial charge in [-0.3, -0.25) is 0 Å². The Balaban J connectivity index is 3.43. The molecule has 0 N–H and O–H groups in total. The summed E-state index contributed by atoms with van der Waals surface area (Å²) in [5.41, 5.74) is -1.69. The van der Waals surface area contributed by atoms with Gasteiger partial charge in [-0.05, 0) is 24.1 Å². The largest absolute Gasteiger partial charge is 0.417 e. The quantitative estimate of drug-likeness (QED) is 0.662. The zero-order valence-electron chi connectivity index (χ0n) is 7.82. The van der Waals surface area contributed by atoms with Crippen LogP contribution >= 0.6 is 0 Å². The summed E-state index contributed by atoms with van der Waals surface area (Å²) in [7, 11) is 0. The molecule has 0 radical (unpaired) electrons. The molecule has 0 aromatic heterocycles. The summed E-state index contributed by atoms with van der Waals surface area (Å²) in [6.07, 6.45) is -5.01. The van der Waals surface area contributed by atoms with Gasteiger partial charge in [-0.1, -0.05) is 6.07 Å². The number of hydrogen-bond donors (Lipinski definition) is 0. The van der Waals surface area contributed by atoms with Crippen LogP contribution in [0.5, 0.6) is 0 Å². The van der Waals surface area contributed by atoms with Crippen LogP contribution < -0.4 is 0 Å². The molecule has 1 rings (SSSR count). The third kappa shape index (κ3) is 2.27. The number of rotatable bonds is 1. The lowest BCUT2D eigenvalue weighted by molar-refractivity contribution is -0.138. The summed E-state index contributed by atoms with van der Waals surface area (Å²) < 4.78 is 50.6. The van der Waals surface area contributed by atoms with Crippen molar-refractivity contribution in [3.63, 3.8) is 0 Å². The van der Waals surface area contributed by atoms with Gasteiger partial charge in [-0.2, -0.15) is 18.4 Å². The van der Waals surface area contributed by atoms with E-state index in [0.29, 0.717) is 0 Å². The highest BCUT2D eigenvalue weighted by Crippen LogP contribution is 2.35. The van der Waals surface area contributed by atoms with Gasteiger partial charge >= 0.3 is 6.18 Å². The Hall–Kier alpha value is -1.57. The van der Waals surface area contributed by atoms with Crippen molar-refractivity contribution in [2.45, 2.75) is 19.5 Å². The molecule has 15 heavy (non-hydrogen) atoms. The van der Waals surface area contributed by atoms with Crippen LogP contribution in [0.3, 0.4) is 0 Å². The predicted octanol–water partition coefficient (Wildman–Crippen LogP) is 3.22. The average Bonchev–Trinajstić information content (AvgIpc) is 2.10. The lowest BCUT2D eigenvalue weighted by Crippen LogP contribution is -2.12. The van der Waals surface area contributed by atoms with Crippen LogP contribution in [-0.4, -0.2) is 0 Å². The van der Waals surface area contributed by atoms with E-state index < -0.39 is 23.1 Å². The maximum atomic E-state index is 12.9. The Bertz CT molecular complexity index is 415. The highest BCUT2D eigenvalue weighted by atomic mass is 19.4. The van der Waals surface area contributed by atoms with Crippen LogP contribution in [0.4, 0.5) is 17.6 Å². The van der Waals surface area contributed by atoms with Crippen LogP contribution in [0.2, 0.25) is 0 Å². The van der Waals surface area contributed by atoms with E-state index in [1.807, 2.05) is 0 Å². The molecule has 0 aliphatic carbocycles. The second kappa shape index (κ2) is 3.89. The fraction of sp³-hybridized carbons (Fsp3) is 0.300. The second-order valence-electron chi connectivity index (χ2n) is 3.04. The second-order valence-corrected chi connectivity index (χ2v) is 3.04. The first kappa shape index (κ1) is 11.5. The van der Waals surface area contributed by atoms with Crippen molar-refractivity contribution in [3.05, 3.63) is 34.6 Å². The highest BCUT2D eigenvalue weighted by Gasteiger charge is 2.35. The van der Waals surface area contributed by atoms with E-state index in [9.17, 15) is 17.6 Å². The van der Waals surface area contributed by atoms with E-state index in [1.54, 1.807) is 6.07 Å². The number of benzene rings is 1. The topological polar surface area (TPSA) is 23.8 Å². The number of hydrogen-bond acceptors (Lipinski definition) is 1. The maximum absolute atomic E-state index is 12.9. The van der Waals surface area contributed by atoms with Gasteiger partial charge < -0.3 is 0 Å². The standard InChI is InChI=1S/C10H7F4N/c1-6-8(11)3-2-7(4-5-15)9(6)10(12,13)14/h2-3H,4H2,1H3. The Morgan fingerprint density at radius 3 is 2.40 bits per heavy atom. The zero-order valence-corrected chi connectivity index (χ0v) is 7.82. The first-order valence-electron chi connectivity index (χ1n) is 4.10. The van der Waals surface area contributed by atoms with Crippen LogP contribution in [0.1, 0.15) is 16.7 Å². The minimum Gasteiger partial charge on any atom is -0.207 e. The van der Waals surface area contributed by atoms with Gasteiger partial charge in [0.15, 0.2) is 0 Å². The molecule has 0 fully saturated rings. The van der Waals surface area contributed by atoms with Crippen LogP contribution in [-0.2, 0) is 12.6 Å². The molecule has 0 bridgehead atoms. The molecule has 5 heteroatoms. The fourth-order valence-electron chi connectivity index (χ4n) is 1.37. The van der Waals surface area contributed by atoms with Gasteiger partial charge in [0.05, 0.1) is 18.1 Å². The average molecular weight is 217 g/mol. The predicted molar refractivity (Wildman–Crippen MR) is 45.5 cm³/mol. The number of alkyl halides is 3. The maximum Gasteiger partial charge on any atom is 0.417 e. The van der Waals surface area contributed by atoms with E-state index in [1.165, 1.54) is 0 Å². The molecule has 80 valence electrons. The summed E-state index contributed by atoms with van der Waals surface area (Å²) in [5.74, 6) is -0.913. The van der Waals surface area contributed by atoms with Crippen molar-refractivity contribution < 1.29 is 17.6 Å². The number of nitriles is 1. The Morgan fingerprint density at radius 1 is 1.33 bits per heavy atom. The summed E-state index contributed by atoms with van der Waals surface area (Å²) in [6.45, 7) is 1.05. The van der Waals surface area contributed by atoms with E-state index in [2.05, 4.69) is 0 Å². The molecule has 0 saturated heterocycles. The van der Waals surface area contributed by atoms with Crippen molar-refractivity contribution in [2.24, 2.45) is 0 Å². The molecular formula is C10H7F4N. The van der Waals surface area contributed by atoms with E-state index >= 15 is 0 Å². The molecule has 0 atom stereocenters. The van der Waals surface area contributed by atoms with E-state index in [4.69, 9.17) is 5.26 Å². The van der Waals surface area contributed by atoms with E-state index in [0.717, 1.165) is 19.1 Å². The third-order valence-electron chi connectivity index (χ3n) is 2.04. The Labute approximate surface area is 83.9 Å². The molecule has 0 aliphatic heterocycles. The number of halogens is 4. The molecule has 1 aromatic rings. The van der Waals surface area contributed by atoms with Crippen molar-refractivity contribution in [1.29, 1.82) is 5.26 Å². The molecule has 1 aromatic carbocycles. The molecule has 1 nitrogen and oxygen atoms in total. The molecule has 0 unspecified atom stereocenters. The SMILES string of the molecule is Cc1c(F)ccc(CC#N)c1C(F)(F)F. The first-order chi connectivity index (χ1) is 6.88. The van der Waals surface area contributed by atoms with Crippen molar-refractivity contribution in [1.82, 2.24) is 0 Å². The van der Waals surface area contributed by atoms with Gasteiger partial charge in [0, 0.05) is 0 Å². The summed E-state index contributed by atoms with van der Waals surface area (Å²) in [5, 5.41) is 8.36. The van der Waals surface area contributed by atoms with Crippen LogP contribution in [0, 0.1) is 24.1 Å². The summed E-state index contributed by atoms with van der Waals surface area (Å²) in [6, 6.07) is 3.56. The molecule has 0 spiro atoms. The first-order valence-corrected chi connectivity index (χ1v) is 4.10. The molecule has 0 heterocycles. The fourth-order valence-corrected chi connectivity index (χ4v) is 1.37. The normalized spacial score (nSPS) is 11.2. The minimum atomic E-state index is -4.63. The Morgan fingerprint density at radius 2 is 1.93 bits per heavy atom. The van der Waals surface area contributed by atoms with Gasteiger partial charge in [-0.15, -0.1) is 0 Å². The van der Waals surface area contributed by atoms with Crippen molar-refractivity contribution in [3.8, 4) is 6.07 Å². The lowest BCUT2D eigenvalue weighted by atomic mass is 9.99. The third-order valence-corrected chi connectivity index (χ3v) is 2.04. The monoisotopic (exact) mass is 217 g/mol. The molecular weight excluding hydrogens is 210 g/mol. The smallest absolute Gasteiger partial charge is 0.207 e. The Kier molecular flexibility index (Phi) is 2.98. The van der Waals surface area contributed by atoms with E-state index in [-0.39, 0.29) is 12.0 Å².